The van der Waals surface area contributed by atoms with Crippen molar-refractivity contribution < 1.29 is 18.7 Å². The number of halogens is 2. The van der Waals surface area contributed by atoms with Crippen LogP contribution in [0.25, 0.3) is 11.3 Å². The number of hydrogen-bond donors (Lipinski definition) is 0. The summed E-state index contributed by atoms with van der Waals surface area (Å²) in [6.45, 7) is 7.21. The Morgan fingerprint density at radius 3 is 2.61 bits per heavy atom. The van der Waals surface area contributed by atoms with Crippen LogP contribution in [0.5, 0.6) is 0 Å². The molecular formula is C18H25ClFN5O3. The molecular weight excluding hydrogens is 389 g/mol. The molecule has 0 fully saturated rings. The number of aryl methyl sites for hydroxylation is 1. The minimum atomic E-state index is -0.718. The van der Waals surface area contributed by atoms with Crippen molar-refractivity contribution in [2.45, 2.75) is 45.9 Å². The summed E-state index contributed by atoms with van der Waals surface area (Å²) in [6.07, 6.45) is 0.909. The largest absolute Gasteiger partial charge is 0.444 e. The van der Waals surface area contributed by atoms with Crippen LogP contribution in [0, 0.1) is 5.82 Å². The monoisotopic (exact) mass is 413 g/mol. The van der Waals surface area contributed by atoms with Gasteiger partial charge in [0.25, 0.3) is 0 Å². The van der Waals surface area contributed by atoms with Crippen LogP contribution in [0.4, 0.5) is 9.18 Å². The SMILES string of the molecule is COCc1cnc(Cl)c(F)c1-c1nn(C)nc1C(C)N(C)C(=O)OC(C)(C)C. The standard InChI is InChI=1S/C18H25ClFN5O3/c1-10(24(5)17(26)28-18(2,3)4)14-15(23-25(6)22-14)12-11(9-27-7)8-21-16(19)13(12)20/h8,10H,9H2,1-7H3. The van der Waals surface area contributed by atoms with Crippen LogP contribution in [0.2, 0.25) is 5.15 Å². The molecule has 0 aromatic carbocycles. The van der Waals surface area contributed by atoms with Gasteiger partial charge >= 0.3 is 6.09 Å². The van der Waals surface area contributed by atoms with Crippen molar-refractivity contribution in [1.82, 2.24) is 24.9 Å². The van der Waals surface area contributed by atoms with Gasteiger partial charge < -0.3 is 14.4 Å². The summed E-state index contributed by atoms with van der Waals surface area (Å²) in [5, 5.41) is 8.37. The Kier molecular flexibility index (Phi) is 6.61. The van der Waals surface area contributed by atoms with Gasteiger partial charge in [-0.15, -0.1) is 0 Å². The first-order chi connectivity index (χ1) is 13.0. The Balaban J connectivity index is 2.52. The van der Waals surface area contributed by atoms with Gasteiger partial charge in [-0.2, -0.15) is 15.0 Å². The van der Waals surface area contributed by atoms with E-state index in [4.69, 9.17) is 21.1 Å². The molecule has 0 spiro atoms. The van der Waals surface area contributed by atoms with Gasteiger partial charge in [-0.25, -0.2) is 14.2 Å². The first kappa shape index (κ1) is 22.0. The van der Waals surface area contributed by atoms with Gasteiger partial charge in [-0.1, -0.05) is 11.6 Å². The molecule has 28 heavy (non-hydrogen) atoms. The fourth-order valence-corrected chi connectivity index (χ4v) is 2.72. The average Bonchev–Trinajstić information content (AvgIpc) is 2.97. The molecule has 2 heterocycles. The molecule has 8 nitrogen and oxygen atoms in total. The van der Waals surface area contributed by atoms with Crippen molar-refractivity contribution in [3.05, 3.63) is 28.4 Å². The minimum Gasteiger partial charge on any atom is -0.444 e. The van der Waals surface area contributed by atoms with E-state index in [0.717, 1.165) is 0 Å². The van der Waals surface area contributed by atoms with Crippen molar-refractivity contribution in [2.75, 3.05) is 14.2 Å². The lowest BCUT2D eigenvalue weighted by Crippen LogP contribution is -2.36. The molecule has 1 amide bonds. The molecule has 0 bridgehead atoms. The molecule has 0 aliphatic carbocycles. The third-order valence-electron chi connectivity index (χ3n) is 3.99. The van der Waals surface area contributed by atoms with Crippen LogP contribution in [-0.4, -0.2) is 50.7 Å². The van der Waals surface area contributed by atoms with Crippen molar-refractivity contribution in [3.63, 3.8) is 0 Å². The Morgan fingerprint density at radius 1 is 1.39 bits per heavy atom. The number of carbonyl (C=O) groups excluding carboxylic acids is 1. The number of rotatable bonds is 5. The quantitative estimate of drug-likeness (QED) is 0.694. The average molecular weight is 414 g/mol. The maximum absolute atomic E-state index is 14.9. The van der Waals surface area contributed by atoms with Gasteiger partial charge in [-0.3, -0.25) is 0 Å². The molecule has 1 unspecified atom stereocenters. The predicted molar refractivity (Wildman–Crippen MR) is 102 cm³/mol. The van der Waals surface area contributed by atoms with Crippen molar-refractivity contribution >= 4 is 17.7 Å². The lowest BCUT2D eigenvalue weighted by molar-refractivity contribution is 0.0230. The molecule has 0 saturated heterocycles. The molecule has 2 rings (SSSR count). The Morgan fingerprint density at radius 2 is 2.04 bits per heavy atom. The molecule has 2 aromatic rings. The van der Waals surface area contributed by atoms with E-state index in [1.165, 1.54) is 23.0 Å². The van der Waals surface area contributed by atoms with E-state index in [9.17, 15) is 9.18 Å². The van der Waals surface area contributed by atoms with Crippen LogP contribution in [0.3, 0.4) is 0 Å². The van der Waals surface area contributed by atoms with E-state index < -0.39 is 23.6 Å². The highest BCUT2D eigenvalue weighted by Crippen LogP contribution is 2.34. The molecule has 0 radical (unpaired) electrons. The van der Waals surface area contributed by atoms with E-state index in [1.54, 1.807) is 41.8 Å². The molecule has 0 aliphatic heterocycles. The third-order valence-corrected chi connectivity index (χ3v) is 4.25. The first-order valence-corrected chi connectivity index (χ1v) is 9.03. The highest BCUT2D eigenvalue weighted by Gasteiger charge is 2.30. The molecule has 0 N–H and O–H groups in total. The summed E-state index contributed by atoms with van der Waals surface area (Å²) >= 11 is 5.89. The van der Waals surface area contributed by atoms with E-state index in [0.29, 0.717) is 11.3 Å². The zero-order valence-electron chi connectivity index (χ0n) is 17.1. The zero-order chi connectivity index (χ0) is 21.2. The Labute approximate surface area is 168 Å². The van der Waals surface area contributed by atoms with Crippen LogP contribution in [0.15, 0.2) is 6.20 Å². The van der Waals surface area contributed by atoms with Gasteiger partial charge in [0.15, 0.2) is 11.0 Å². The number of amides is 1. The number of aromatic nitrogens is 4. The van der Waals surface area contributed by atoms with Gasteiger partial charge in [-0.05, 0) is 27.7 Å². The number of methoxy groups -OCH3 is 1. The molecule has 0 saturated carbocycles. The van der Waals surface area contributed by atoms with Crippen LogP contribution >= 0.6 is 11.6 Å². The second kappa shape index (κ2) is 8.40. The summed E-state index contributed by atoms with van der Waals surface area (Å²) in [5.41, 5.74) is 0.633. The topological polar surface area (TPSA) is 82.4 Å². The second-order valence-corrected chi connectivity index (χ2v) is 7.74. The van der Waals surface area contributed by atoms with E-state index >= 15 is 0 Å². The summed E-state index contributed by atoms with van der Waals surface area (Å²) in [7, 11) is 4.69. The fraction of sp³-hybridized carbons (Fsp3) is 0.556. The third kappa shape index (κ3) is 4.77. The fourth-order valence-electron chi connectivity index (χ4n) is 2.58. The zero-order valence-corrected chi connectivity index (χ0v) is 17.8. The Hall–Kier alpha value is -2.26. The summed E-state index contributed by atoms with van der Waals surface area (Å²) < 4.78 is 25.4. The van der Waals surface area contributed by atoms with Crippen LogP contribution in [-0.2, 0) is 23.1 Å². The molecule has 2 aromatic heterocycles. The van der Waals surface area contributed by atoms with Crippen molar-refractivity contribution in [2.24, 2.45) is 7.05 Å². The molecule has 1 atom stereocenters. The number of nitrogens with zero attached hydrogens (tertiary/aromatic N) is 5. The smallest absolute Gasteiger partial charge is 0.410 e. The summed E-state index contributed by atoms with van der Waals surface area (Å²) in [5.74, 6) is -0.718. The summed E-state index contributed by atoms with van der Waals surface area (Å²) in [6, 6.07) is -0.541. The van der Waals surface area contributed by atoms with Gasteiger partial charge in [0, 0.05) is 33.0 Å². The summed E-state index contributed by atoms with van der Waals surface area (Å²) in [4.78, 5) is 19.0. The van der Waals surface area contributed by atoms with Crippen LogP contribution < -0.4 is 0 Å². The number of carbonyl (C=O) groups is 1. The second-order valence-electron chi connectivity index (χ2n) is 7.39. The van der Waals surface area contributed by atoms with Gasteiger partial charge in [0.2, 0.25) is 0 Å². The normalized spacial score (nSPS) is 12.8. The Bertz CT molecular complexity index is 866. The predicted octanol–water partition coefficient (Wildman–Crippen LogP) is 3.74. The van der Waals surface area contributed by atoms with E-state index in [2.05, 4.69) is 15.2 Å². The van der Waals surface area contributed by atoms with Gasteiger partial charge in [0.05, 0.1) is 18.2 Å². The molecule has 0 aliphatic rings. The molecule has 10 heteroatoms. The number of pyridine rings is 1. The number of ether oxygens (including phenoxy) is 2. The van der Waals surface area contributed by atoms with E-state index in [1.807, 2.05) is 0 Å². The highest BCUT2D eigenvalue weighted by molar-refractivity contribution is 6.29. The lowest BCUT2D eigenvalue weighted by atomic mass is 10.0. The molecule has 154 valence electrons. The number of hydrogen-bond acceptors (Lipinski definition) is 6. The van der Waals surface area contributed by atoms with Crippen molar-refractivity contribution in [1.29, 1.82) is 0 Å². The maximum atomic E-state index is 14.9. The highest BCUT2D eigenvalue weighted by atomic mass is 35.5. The van der Waals surface area contributed by atoms with Crippen molar-refractivity contribution in [3.8, 4) is 11.3 Å². The van der Waals surface area contributed by atoms with Gasteiger partial charge in [0.1, 0.15) is 17.0 Å². The first-order valence-electron chi connectivity index (χ1n) is 8.65. The van der Waals surface area contributed by atoms with Crippen LogP contribution in [0.1, 0.15) is 45.0 Å². The lowest BCUT2D eigenvalue weighted by Gasteiger charge is -2.28. The maximum Gasteiger partial charge on any atom is 0.410 e. The van der Waals surface area contributed by atoms with E-state index in [-0.39, 0.29) is 23.0 Å². The minimum absolute atomic E-state index is 0.114.